The van der Waals surface area contributed by atoms with Gasteiger partial charge in [0.25, 0.3) is 5.91 Å². The molecule has 1 N–H and O–H groups in total. The number of thiophene rings is 1. The number of nitrogens with zero attached hydrogens (tertiary/aromatic N) is 1. The van der Waals surface area contributed by atoms with Gasteiger partial charge in [-0.25, -0.2) is 5.43 Å². The molecule has 0 saturated heterocycles. The molecule has 0 spiro atoms. The van der Waals surface area contributed by atoms with Crippen LogP contribution in [-0.2, 0) is 4.79 Å². The third kappa shape index (κ3) is 4.42. The number of hydrogen-bond donors (Lipinski definition) is 1. The van der Waals surface area contributed by atoms with E-state index in [4.69, 9.17) is 4.74 Å². The van der Waals surface area contributed by atoms with Crippen molar-refractivity contribution >= 4 is 38.9 Å². The van der Waals surface area contributed by atoms with Crippen molar-refractivity contribution in [3.05, 3.63) is 50.1 Å². The SMILES string of the molecule is C/C(=N\NC(=O)COc1cccc(C)c1C)c1ccc(Br)s1. The van der Waals surface area contributed by atoms with Crippen molar-refractivity contribution in [2.24, 2.45) is 5.10 Å². The molecule has 1 aromatic heterocycles. The standard InChI is InChI=1S/C16H17BrN2O2S/c1-10-5-4-6-13(11(10)2)21-9-16(20)19-18-12(3)14-7-8-15(17)22-14/h4-8H,9H2,1-3H3,(H,19,20)/b18-12+. The molecule has 0 unspecified atom stereocenters. The molecular weight excluding hydrogens is 364 g/mol. The van der Waals surface area contributed by atoms with Crippen LogP contribution < -0.4 is 10.2 Å². The number of aryl methyl sites for hydroxylation is 1. The van der Waals surface area contributed by atoms with E-state index in [0.29, 0.717) is 0 Å². The summed E-state index contributed by atoms with van der Waals surface area (Å²) in [5, 5.41) is 4.09. The molecule has 0 saturated carbocycles. The highest BCUT2D eigenvalue weighted by Gasteiger charge is 2.06. The van der Waals surface area contributed by atoms with Gasteiger partial charge in [-0.2, -0.15) is 5.10 Å². The second-order valence-corrected chi connectivity index (χ2v) is 7.29. The summed E-state index contributed by atoms with van der Waals surface area (Å²) >= 11 is 4.96. The van der Waals surface area contributed by atoms with Crippen molar-refractivity contribution in [2.45, 2.75) is 20.8 Å². The highest BCUT2D eigenvalue weighted by Crippen LogP contribution is 2.22. The molecule has 0 aliphatic carbocycles. The predicted octanol–water partition coefficient (Wildman–Crippen LogP) is 4.05. The Morgan fingerprint density at radius 1 is 1.32 bits per heavy atom. The molecular formula is C16H17BrN2O2S. The first-order valence-electron chi connectivity index (χ1n) is 6.75. The zero-order valence-corrected chi connectivity index (χ0v) is 15.0. The summed E-state index contributed by atoms with van der Waals surface area (Å²) in [6.45, 7) is 5.77. The van der Waals surface area contributed by atoms with Crippen LogP contribution in [0.1, 0.15) is 22.9 Å². The van der Waals surface area contributed by atoms with E-state index in [0.717, 1.165) is 31.3 Å². The third-order valence-electron chi connectivity index (χ3n) is 3.19. The molecule has 116 valence electrons. The minimum Gasteiger partial charge on any atom is -0.483 e. The number of rotatable bonds is 5. The van der Waals surface area contributed by atoms with Gasteiger partial charge in [-0.3, -0.25) is 4.79 Å². The zero-order valence-electron chi connectivity index (χ0n) is 12.6. The van der Waals surface area contributed by atoms with Crippen molar-refractivity contribution in [3.63, 3.8) is 0 Å². The molecule has 0 radical (unpaired) electrons. The number of carbonyl (C=O) groups is 1. The van der Waals surface area contributed by atoms with E-state index in [9.17, 15) is 4.79 Å². The van der Waals surface area contributed by atoms with Crippen LogP contribution in [0.5, 0.6) is 5.75 Å². The van der Waals surface area contributed by atoms with Crippen LogP contribution in [0.2, 0.25) is 0 Å². The molecule has 0 atom stereocenters. The maximum Gasteiger partial charge on any atom is 0.277 e. The van der Waals surface area contributed by atoms with Crippen LogP contribution in [0.3, 0.4) is 0 Å². The molecule has 4 nitrogen and oxygen atoms in total. The fraction of sp³-hybridized carbons (Fsp3) is 0.250. The normalized spacial score (nSPS) is 11.4. The van der Waals surface area contributed by atoms with Gasteiger partial charge in [0.15, 0.2) is 6.61 Å². The smallest absolute Gasteiger partial charge is 0.277 e. The fourth-order valence-electron chi connectivity index (χ4n) is 1.77. The van der Waals surface area contributed by atoms with Crippen molar-refractivity contribution in [3.8, 4) is 5.75 Å². The van der Waals surface area contributed by atoms with E-state index in [1.165, 1.54) is 0 Å². The Kier molecular flexibility index (Phi) is 5.74. The van der Waals surface area contributed by atoms with Crippen LogP contribution in [0.25, 0.3) is 0 Å². The first-order valence-corrected chi connectivity index (χ1v) is 8.36. The molecule has 22 heavy (non-hydrogen) atoms. The Morgan fingerprint density at radius 2 is 2.09 bits per heavy atom. The molecule has 1 amide bonds. The Hall–Kier alpha value is -1.66. The summed E-state index contributed by atoms with van der Waals surface area (Å²) in [5.41, 5.74) is 5.44. The van der Waals surface area contributed by atoms with Crippen LogP contribution >= 0.6 is 27.3 Å². The topological polar surface area (TPSA) is 50.7 Å². The average molecular weight is 381 g/mol. The van der Waals surface area contributed by atoms with Crippen LogP contribution in [0.4, 0.5) is 0 Å². The van der Waals surface area contributed by atoms with Crippen molar-refractivity contribution < 1.29 is 9.53 Å². The summed E-state index contributed by atoms with van der Waals surface area (Å²) in [7, 11) is 0. The Morgan fingerprint density at radius 3 is 2.77 bits per heavy atom. The second kappa shape index (κ2) is 7.56. The van der Waals surface area contributed by atoms with Crippen molar-refractivity contribution in [2.75, 3.05) is 6.61 Å². The van der Waals surface area contributed by atoms with Gasteiger partial charge in [-0.05, 0) is 66.0 Å². The first kappa shape index (κ1) is 16.7. The fourth-order valence-corrected chi connectivity index (χ4v) is 3.10. The Labute approximate surface area is 142 Å². The number of nitrogens with one attached hydrogen (secondary N) is 1. The summed E-state index contributed by atoms with van der Waals surface area (Å²) in [6.07, 6.45) is 0. The molecule has 0 aliphatic rings. The minimum atomic E-state index is -0.282. The number of ether oxygens (including phenoxy) is 1. The Bertz CT molecular complexity index is 710. The van der Waals surface area contributed by atoms with E-state index in [1.54, 1.807) is 11.3 Å². The zero-order chi connectivity index (χ0) is 16.1. The van der Waals surface area contributed by atoms with E-state index < -0.39 is 0 Å². The highest BCUT2D eigenvalue weighted by atomic mass is 79.9. The van der Waals surface area contributed by atoms with E-state index in [2.05, 4.69) is 26.5 Å². The molecule has 0 aliphatic heterocycles. The minimum absolute atomic E-state index is 0.0603. The molecule has 0 fully saturated rings. The summed E-state index contributed by atoms with van der Waals surface area (Å²) in [4.78, 5) is 12.8. The lowest BCUT2D eigenvalue weighted by Gasteiger charge is -2.09. The third-order valence-corrected chi connectivity index (χ3v) is 4.92. The quantitative estimate of drug-likeness (QED) is 0.628. The highest BCUT2D eigenvalue weighted by molar-refractivity contribution is 9.11. The van der Waals surface area contributed by atoms with Crippen LogP contribution in [-0.4, -0.2) is 18.2 Å². The molecule has 2 rings (SSSR count). The second-order valence-electron chi connectivity index (χ2n) is 4.82. The van der Waals surface area contributed by atoms with Crippen LogP contribution in [0.15, 0.2) is 39.2 Å². The first-order chi connectivity index (χ1) is 10.5. The molecule has 1 heterocycles. The number of halogens is 1. The van der Waals surface area contributed by atoms with Gasteiger partial charge < -0.3 is 4.74 Å². The predicted molar refractivity (Wildman–Crippen MR) is 93.8 cm³/mol. The van der Waals surface area contributed by atoms with Crippen molar-refractivity contribution in [1.82, 2.24) is 5.43 Å². The summed E-state index contributed by atoms with van der Waals surface area (Å²) in [5.74, 6) is 0.439. The van der Waals surface area contributed by atoms with Crippen molar-refractivity contribution in [1.29, 1.82) is 0 Å². The average Bonchev–Trinajstić information content (AvgIpc) is 2.93. The van der Waals surface area contributed by atoms with E-state index in [1.807, 2.05) is 51.1 Å². The number of carbonyl (C=O) groups excluding carboxylic acids is 1. The van der Waals surface area contributed by atoms with Gasteiger partial charge in [0.1, 0.15) is 5.75 Å². The number of hydrazone groups is 1. The molecule has 0 bridgehead atoms. The summed E-state index contributed by atoms with van der Waals surface area (Å²) in [6, 6.07) is 9.67. The largest absolute Gasteiger partial charge is 0.483 e. The maximum absolute atomic E-state index is 11.8. The molecule has 1 aromatic carbocycles. The Balaban J connectivity index is 1.89. The lowest BCUT2D eigenvalue weighted by atomic mass is 10.1. The number of benzene rings is 1. The van der Waals surface area contributed by atoms with Gasteiger partial charge in [-0.15, -0.1) is 11.3 Å². The van der Waals surface area contributed by atoms with Gasteiger partial charge in [0.05, 0.1) is 14.4 Å². The maximum atomic E-state index is 11.8. The monoisotopic (exact) mass is 380 g/mol. The van der Waals surface area contributed by atoms with Gasteiger partial charge >= 0.3 is 0 Å². The van der Waals surface area contributed by atoms with Gasteiger partial charge in [0, 0.05) is 0 Å². The number of hydrogen-bond acceptors (Lipinski definition) is 4. The van der Waals surface area contributed by atoms with Crippen LogP contribution in [0, 0.1) is 13.8 Å². The number of amides is 1. The van der Waals surface area contributed by atoms with Gasteiger partial charge in [-0.1, -0.05) is 12.1 Å². The molecule has 2 aromatic rings. The van der Waals surface area contributed by atoms with E-state index >= 15 is 0 Å². The lowest BCUT2D eigenvalue weighted by molar-refractivity contribution is -0.123. The lowest BCUT2D eigenvalue weighted by Crippen LogP contribution is -2.25. The molecule has 6 heteroatoms. The van der Waals surface area contributed by atoms with E-state index in [-0.39, 0.29) is 12.5 Å². The summed E-state index contributed by atoms with van der Waals surface area (Å²) < 4.78 is 6.56. The van der Waals surface area contributed by atoms with Gasteiger partial charge in [0.2, 0.25) is 0 Å².